The van der Waals surface area contributed by atoms with E-state index in [1.54, 1.807) is 0 Å². The Morgan fingerprint density at radius 2 is 0.500 bits per heavy atom. The predicted molar refractivity (Wildman–Crippen MR) is 312 cm³/mol. The maximum Gasteiger partial charge on any atom is 0.306 e. The molecule has 420 valence electrons. The van der Waals surface area contributed by atoms with Gasteiger partial charge in [-0.1, -0.05) is 281 Å². The fraction of sp³-hybridized carbons (Fsp3) is 0.833. The van der Waals surface area contributed by atoms with Gasteiger partial charge in [-0.2, -0.15) is 0 Å². The number of allylic oxidation sites excluding steroid dienone is 8. The Morgan fingerprint density at radius 1 is 0.278 bits per heavy atom. The van der Waals surface area contributed by atoms with Crippen LogP contribution >= 0.6 is 0 Å². The summed E-state index contributed by atoms with van der Waals surface area (Å²) in [5, 5.41) is 0. The maximum absolute atomic E-state index is 12.9. The lowest BCUT2D eigenvalue weighted by molar-refractivity contribution is -0.167. The van der Waals surface area contributed by atoms with Crippen molar-refractivity contribution in [2.24, 2.45) is 0 Å². The number of unbranched alkanes of at least 4 members (excludes halogenated alkanes) is 39. The maximum atomic E-state index is 12.9. The Hall–Kier alpha value is -2.63. The Labute approximate surface area is 448 Å². The van der Waals surface area contributed by atoms with Crippen LogP contribution in [-0.2, 0) is 28.6 Å². The second-order valence-corrected chi connectivity index (χ2v) is 21.3. The molecular weight excluding hydrogens is 889 g/mol. The Kier molecular flexibility index (Phi) is 58.7. The zero-order valence-electron chi connectivity index (χ0n) is 48.2. The highest BCUT2D eigenvalue weighted by Gasteiger charge is 2.19. The summed E-state index contributed by atoms with van der Waals surface area (Å²) in [6.07, 6.45) is 75.3. The monoisotopic (exact) mass is 1010 g/mol. The van der Waals surface area contributed by atoms with Crippen LogP contribution in [0.5, 0.6) is 0 Å². The summed E-state index contributed by atoms with van der Waals surface area (Å²) in [5.41, 5.74) is 0. The summed E-state index contributed by atoms with van der Waals surface area (Å²) in [6, 6.07) is 0. The number of rotatable bonds is 58. The molecule has 1 atom stereocenters. The van der Waals surface area contributed by atoms with Gasteiger partial charge in [0.2, 0.25) is 0 Å². The lowest BCUT2D eigenvalue weighted by Crippen LogP contribution is -2.30. The SMILES string of the molecule is CCCCC/C=C\C/C=C\C/C=C\CCCCCCCCC(=O)OCC(COC(=O)CCCCCCC/C=C\CCCCCCCCC)OC(=O)CCCCCCCCCCCCCCCCCCCCC. The van der Waals surface area contributed by atoms with Crippen molar-refractivity contribution in [3.05, 3.63) is 48.6 Å². The van der Waals surface area contributed by atoms with Gasteiger partial charge < -0.3 is 14.2 Å². The number of hydrogen-bond acceptors (Lipinski definition) is 6. The minimum atomic E-state index is -0.781. The van der Waals surface area contributed by atoms with Crippen LogP contribution in [0.4, 0.5) is 0 Å². The Morgan fingerprint density at radius 3 is 0.819 bits per heavy atom. The highest BCUT2D eigenvalue weighted by atomic mass is 16.6. The molecule has 6 heteroatoms. The molecule has 0 N–H and O–H groups in total. The van der Waals surface area contributed by atoms with Crippen LogP contribution < -0.4 is 0 Å². The van der Waals surface area contributed by atoms with Gasteiger partial charge in [0.25, 0.3) is 0 Å². The quantitative estimate of drug-likeness (QED) is 0.0261. The molecule has 0 aliphatic rings. The van der Waals surface area contributed by atoms with Crippen molar-refractivity contribution in [1.29, 1.82) is 0 Å². The third-order valence-electron chi connectivity index (χ3n) is 14.1. The van der Waals surface area contributed by atoms with Crippen LogP contribution in [-0.4, -0.2) is 37.2 Å². The molecule has 0 fully saturated rings. The van der Waals surface area contributed by atoms with Crippen LogP contribution in [0.25, 0.3) is 0 Å². The third kappa shape index (κ3) is 58.3. The molecule has 0 aliphatic heterocycles. The van der Waals surface area contributed by atoms with Gasteiger partial charge in [-0.05, 0) is 83.5 Å². The van der Waals surface area contributed by atoms with E-state index in [1.807, 2.05) is 0 Å². The van der Waals surface area contributed by atoms with Gasteiger partial charge in [-0.3, -0.25) is 14.4 Å². The number of carbonyl (C=O) groups is 3. The first-order valence-corrected chi connectivity index (χ1v) is 31.6. The molecule has 0 heterocycles. The summed E-state index contributed by atoms with van der Waals surface area (Å²) in [5.74, 6) is -0.878. The molecule has 0 aromatic rings. The van der Waals surface area contributed by atoms with Gasteiger partial charge >= 0.3 is 17.9 Å². The van der Waals surface area contributed by atoms with E-state index in [1.165, 1.54) is 212 Å². The number of esters is 3. The summed E-state index contributed by atoms with van der Waals surface area (Å²) in [6.45, 7) is 6.64. The van der Waals surface area contributed by atoms with Crippen LogP contribution in [0.1, 0.15) is 335 Å². The van der Waals surface area contributed by atoms with E-state index in [4.69, 9.17) is 14.2 Å². The van der Waals surface area contributed by atoms with Crippen molar-refractivity contribution >= 4 is 17.9 Å². The zero-order chi connectivity index (χ0) is 52.2. The van der Waals surface area contributed by atoms with Crippen molar-refractivity contribution in [2.75, 3.05) is 13.2 Å². The van der Waals surface area contributed by atoms with E-state index in [0.29, 0.717) is 19.3 Å². The molecule has 0 rings (SSSR count). The number of ether oxygens (including phenoxy) is 3. The lowest BCUT2D eigenvalue weighted by Gasteiger charge is -2.18. The topological polar surface area (TPSA) is 78.9 Å². The third-order valence-corrected chi connectivity index (χ3v) is 14.1. The summed E-state index contributed by atoms with van der Waals surface area (Å²) < 4.78 is 16.9. The average Bonchev–Trinajstić information content (AvgIpc) is 3.38. The highest BCUT2D eigenvalue weighted by Crippen LogP contribution is 2.17. The van der Waals surface area contributed by atoms with E-state index < -0.39 is 6.10 Å². The van der Waals surface area contributed by atoms with E-state index >= 15 is 0 Å². The highest BCUT2D eigenvalue weighted by molar-refractivity contribution is 5.71. The number of carbonyl (C=O) groups excluding carboxylic acids is 3. The lowest BCUT2D eigenvalue weighted by atomic mass is 10.0. The molecule has 0 aliphatic carbocycles. The molecule has 0 radical (unpaired) electrons. The second kappa shape index (κ2) is 60.9. The van der Waals surface area contributed by atoms with Gasteiger partial charge in [0.1, 0.15) is 13.2 Å². The first kappa shape index (κ1) is 69.4. The summed E-state index contributed by atoms with van der Waals surface area (Å²) in [7, 11) is 0. The van der Waals surface area contributed by atoms with Gasteiger partial charge in [-0.15, -0.1) is 0 Å². The molecule has 0 saturated heterocycles. The molecular formula is C66H120O6. The van der Waals surface area contributed by atoms with Crippen LogP contribution in [0, 0.1) is 0 Å². The summed E-state index contributed by atoms with van der Waals surface area (Å²) in [4.78, 5) is 38.3. The zero-order valence-corrected chi connectivity index (χ0v) is 48.2. The van der Waals surface area contributed by atoms with Crippen molar-refractivity contribution in [3.63, 3.8) is 0 Å². The minimum absolute atomic E-state index is 0.0784. The van der Waals surface area contributed by atoms with Gasteiger partial charge in [0, 0.05) is 19.3 Å². The smallest absolute Gasteiger partial charge is 0.306 e. The second-order valence-electron chi connectivity index (χ2n) is 21.3. The van der Waals surface area contributed by atoms with Gasteiger partial charge in [0.15, 0.2) is 6.10 Å². The number of hydrogen-bond donors (Lipinski definition) is 0. The molecule has 0 aromatic carbocycles. The standard InChI is InChI=1S/C66H120O6/c1-4-7-10-13-16-19-22-25-28-31-33-35-38-41-44-47-50-53-56-59-65(68)71-62-63(61-70-64(67)58-55-52-49-46-43-40-37-30-27-24-21-18-15-12-9-6-3)72-66(69)60-57-54-51-48-45-42-39-36-34-32-29-26-23-20-17-14-11-8-5-2/h16,19,25,28,30,33,35,37,63H,4-15,17-18,20-24,26-27,29,31-32,34,36,38-62H2,1-3H3/b19-16-,28-25-,35-33-,37-30-. The van der Waals surface area contributed by atoms with E-state index in [-0.39, 0.29) is 31.1 Å². The first-order valence-electron chi connectivity index (χ1n) is 31.6. The van der Waals surface area contributed by atoms with Crippen molar-refractivity contribution in [2.45, 2.75) is 341 Å². The van der Waals surface area contributed by atoms with E-state index in [2.05, 4.69) is 69.4 Å². The molecule has 0 saturated carbocycles. The van der Waals surface area contributed by atoms with Crippen molar-refractivity contribution < 1.29 is 28.6 Å². The van der Waals surface area contributed by atoms with Crippen LogP contribution in [0.15, 0.2) is 48.6 Å². The molecule has 72 heavy (non-hydrogen) atoms. The predicted octanol–water partition coefficient (Wildman–Crippen LogP) is 21.4. The largest absolute Gasteiger partial charge is 0.462 e. The fourth-order valence-electron chi connectivity index (χ4n) is 9.27. The molecule has 0 spiro atoms. The van der Waals surface area contributed by atoms with E-state index in [9.17, 15) is 14.4 Å². The Bertz CT molecular complexity index is 1250. The normalized spacial score (nSPS) is 12.3. The van der Waals surface area contributed by atoms with Crippen LogP contribution in [0.2, 0.25) is 0 Å². The summed E-state index contributed by atoms with van der Waals surface area (Å²) >= 11 is 0. The molecule has 0 aromatic heterocycles. The average molecular weight is 1010 g/mol. The molecule has 0 bridgehead atoms. The van der Waals surface area contributed by atoms with Crippen molar-refractivity contribution in [3.8, 4) is 0 Å². The van der Waals surface area contributed by atoms with Gasteiger partial charge in [0.05, 0.1) is 0 Å². The molecule has 1 unspecified atom stereocenters. The fourth-order valence-corrected chi connectivity index (χ4v) is 9.27. The minimum Gasteiger partial charge on any atom is -0.462 e. The van der Waals surface area contributed by atoms with Gasteiger partial charge in [-0.25, -0.2) is 0 Å². The molecule has 6 nitrogen and oxygen atoms in total. The Balaban J connectivity index is 4.37. The molecule has 0 amide bonds. The first-order chi connectivity index (χ1) is 35.5. The van der Waals surface area contributed by atoms with Crippen LogP contribution in [0.3, 0.4) is 0 Å². The van der Waals surface area contributed by atoms with Crippen molar-refractivity contribution in [1.82, 2.24) is 0 Å². The van der Waals surface area contributed by atoms with E-state index in [0.717, 1.165) is 83.5 Å².